The molecule has 0 atom stereocenters. The highest BCUT2D eigenvalue weighted by molar-refractivity contribution is 7.78. The maximum atomic E-state index is 9.58. The Kier molecular flexibility index (Phi) is 4.03. The molecule has 0 bridgehead atoms. The molecule has 2 N–H and O–H groups in total. The zero-order valence-electron chi connectivity index (χ0n) is 12.1. The van der Waals surface area contributed by atoms with Crippen molar-refractivity contribution in [2.75, 3.05) is 5.73 Å². The summed E-state index contributed by atoms with van der Waals surface area (Å²) < 4.78 is 1.72. The summed E-state index contributed by atoms with van der Waals surface area (Å²) in [6.45, 7) is 0. The van der Waals surface area contributed by atoms with Crippen molar-refractivity contribution in [3.05, 3.63) is 66.2 Å². The van der Waals surface area contributed by atoms with Gasteiger partial charge in [-0.1, -0.05) is 48.5 Å². The van der Waals surface area contributed by atoms with Crippen LogP contribution in [-0.4, -0.2) is 9.73 Å². The summed E-state index contributed by atoms with van der Waals surface area (Å²) in [5.41, 5.74) is 8.94. The van der Waals surface area contributed by atoms with Crippen molar-refractivity contribution >= 4 is 29.0 Å². The maximum Gasteiger partial charge on any atom is 0.158 e. The number of isothiocyanates is 1. The van der Waals surface area contributed by atoms with Gasteiger partial charge in [-0.05, 0) is 29.9 Å². The van der Waals surface area contributed by atoms with E-state index in [1.54, 1.807) is 4.57 Å². The molecule has 0 spiro atoms. The lowest BCUT2D eigenvalue weighted by atomic mass is 10.0. The molecule has 1 heterocycles. The van der Waals surface area contributed by atoms with Crippen LogP contribution < -0.4 is 5.73 Å². The van der Waals surface area contributed by atoms with Gasteiger partial charge in [-0.2, -0.15) is 10.3 Å². The lowest BCUT2D eigenvalue weighted by Gasteiger charge is -2.08. The fourth-order valence-electron chi connectivity index (χ4n) is 2.56. The van der Waals surface area contributed by atoms with Crippen LogP contribution in [0.3, 0.4) is 0 Å². The van der Waals surface area contributed by atoms with E-state index in [-0.39, 0.29) is 0 Å². The molecule has 1 aromatic heterocycles. The van der Waals surface area contributed by atoms with E-state index in [0.717, 1.165) is 11.3 Å². The summed E-state index contributed by atoms with van der Waals surface area (Å²) >= 11 is 4.79. The number of nitrogens with zero attached hydrogens (tertiary/aromatic N) is 3. The van der Waals surface area contributed by atoms with Gasteiger partial charge in [0.15, 0.2) is 5.82 Å². The van der Waals surface area contributed by atoms with Crippen molar-refractivity contribution in [2.24, 2.45) is 4.99 Å². The lowest BCUT2D eigenvalue weighted by molar-refractivity contribution is 1.08. The first-order valence-corrected chi connectivity index (χ1v) is 7.31. The third-order valence-corrected chi connectivity index (χ3v) is 3.61. The summed E-state index contributed by atoms with van der Waals surface area (Å²) in [7, 11) is 0. The monoisotopic (exact) mass is 316 g/mol. The van der Waals surface area contributed by atoms with Crippen molar-refractivity contribution in [1.82, 2.24) is 4.57 Å². The molecular formula is C18H12N4S. The Morgan fingerprint density at radius 1 is 1.00 bits per heavy atom. The van der Waals surface area contributed by atoms with Gasteiger partial charge in [0.1, 0.15) is 17.5 Å². The predicted octanol–water partition coefficient (Wildman–Crippen LogP) is 4.33. The number of benzene rings is 2. The molecule has 110 valence electrons. The van der Waals surface area contributed by atoms with E-state index in [4.69, 9.17) is 18.0 Å². The van der Waals surface area contributed by atoms with Crippen molar-refractivity contribution in [3.63, 3.8) is 0 Å². The summed E-state index contributed by atoms with van der Waals surface area (Å²) in [5, 5.41) is 12.0. The Labute approximate surface area is 139 Å². The number of hydrogen-bond donors (Lipinski definition) is 1. The highest BCUT2D eigenvalue weighted by Gasteiger charge is 2.23. The molecule has 5 heteroatoms. The Morgan fingerprint density at radius 2 is 1.61 bits per heavy atom. The van der Waals surface area contributed by atoms with Gasteiger partial charge in [-0.3, -0.25) is 4.57 Å². The summed E-state index contributed by atoms with van der Waals surface area (Å²) in [6, 6.07) is 21.2. The van der Waals surface area contributed by atoms with Crippen LogP contribution in [0.4, 0.5) is 11.6 Å². The number of nitrogen functional groups attached to an aromatic ring is 1. The summed E-state index contributed by atoms with van der Waals surface area (Å²) in [5.74, 6) is 0.841. The first-order valence-electron chi connectivity index (χ1n) is 6.91. The van der Waals surface area contributed by atoms with Gasteiger partial charge in [0.2, 0.25) is 0 Å². The number of hydrogen-bond acceptors (Lipinski definition) is 4. The molecule has 2 aromatic carbocycles. The minimum Gasteiger partial charge on any atom is -0.384 e. The van der Waals surface area contributed by atoms with Crippen LogP contribution in [0.15, 0.2) is 65.7 Å². The number of nitrogens with two attached hydrogens (primary N) is 1. The van der Waals surface area contributed by atoms with E-state index in [9.17, 15) is 5.26 Å². The fraction of sp³-hybridized carbons (Fsp3) is 0. The van der Waals surface area contributed by atoms with Gasteiger partial charge in [-0.25, -0.2) is 0 Å². The van der Waals surface area contributed by atoms with Crippen LogP contribution in [-0.2, 0) is 0 Å². The van der Waals surface area contributed by atoms with E-state index in [1.807, 2.05) is 60.7 Å². The number of rotatable bonds is 3. The van der Waals surface area contributed by atoms with Crippen LogP contribution in [0.5, 0.6) is 0 Å². The third-order valence-electron chi connectivity index (χ3n) is 3.52. The Bertz CT molecular complexity index is 931. The van der Waals surface area contributed by atoms with Crippen molar-refractivity contribution < 1.29 is 0 Å². The molecule has 23 heavy (non-hydrogen) atoms. The average Bonchev–Trinajstić information content (AvgIpc) is 2.88. The second-order valence-electron chi connectivity index (χ2n) is 4.81. The van der Waals surface area contributed by atoms with Gasteiger partial charge >= 0.3 is 0 Å². The van der Waals surface area contributed by atoms with Crippen LogP contribution in [0.1, 0.15) is 5.56 Å². The van der Waals surface area contributed by atoms with Gasteiger partial charge in [0, 0.05) is 11.3 Å². The molecule has 0 aliphatic carbocycles. The van der Waals surface area contributed by atoms with Gasteiger partial charge < -0.3 is 5.73 Å². The highest BCUT2D eigenvalue weighted by Crippen LogP contribution is 2.41. The van der Waals surface area contributed by atoms with E-state index < -0.39 is 0 Å². The zero-order valence-corrected chi connectivity index (χ0v) is 12.9. The number of nitriles is 1. The first-order chi connectivity index (χ1) is 11.3. The van der Waals surface area contributed by atoms with Crippen LogP contribution >= 0.6 is 12.2 Å². The fourth-order valence-corrected chi connectivity index (χ4v) is 2.64. The smallest absolute Gasteiger partial charge is 0.158 e. The number of anilines is 1. The Morgan fingerprint density at radius 3 is 2.17 bits per heavy atom. The maximum absolute atomic E-state index is 9.58. The SMILES string of the molecule is N#Cc1c(-c2ccccc2)c(N=C=S)n(-c2ccccc2)c1N. The normalized spacial score (nSPS) is 9.87. The van der Waals surface area contributed by atoms with E-state index >= 15 is 0 Å². The minimum absolute atomic E-state index is 0.335. The van der Waals surface area contributed by atoms with Crippen molar-refractivity contribution in [2.45, 2.75) is 0 Å². The van der Waals surface area contributed by atoms with E-state index in [1.165, 1.54) is 0 Å². The van der Waals surface area contributed by atoms with Gasteiger partial charge in [0.05, 0.1) is 5.16 Å². The molecule has 4 nitrogen and oxygen atoms in total. The first kappa shape index (κ1) is 14.7. The van der Waals surface area contributed by atoms with Gasteiger partial charge in [-0.15, -0.1) is 0 Å². The van der Waals surface area contributed by atoms with Gasteiger partial charge in [0.25, 0.3) is 0 Å². The molecule has 0 saturated heterocycles. The molecule has 0 saturated carbocycles. The van der Waals surface area contributed by atoms with Crippen LogP contribution in [0, 0.1) is 11.3 Å². The number of aliphatic imine (C=N–C) groups is 1. The molecular weight excluding hydrogens is 304 g/mol. The Balaban J connectivity index is 2.41. The van der Waals surface area contributed by atoms with E-state index in [0.29, 0.717) is 22.8 Å². The number of para-hydroxylation sites is 1. The minimum atomic E-state index is 0.335. The van der Waals surface area contributed by atoms with Crippen molar-refractivity contribution in [1.29, 1.82) is 5.26 Å². The predicted molar refractivity (Wildman–Crippen MR) is 95.0 cm³/mol. The highest BCUT2D eigenvalue weighted by atomic mass is 32.1. The van der Waals surface area contributed by atoms with Crippen LogP contribution in [0.25, 0.3) is 16.8 Å². The molecule has 3 aromatic rings. The molecule has 0 amide bonds. The number of thiocarbonyl (C=S) groups is 1. The molecule has 0 aliphatic heterocycles. The lowest BCUT2D eigenvalue weighted by Crippen LogP contribution is -2.00. The zero-order chi connectivity index (χ0) is 16.2. The second-order valence-corrected chi connectivity index (χ2v) is 4.99. The third kappa shape index (κ3) is 2.53. The van der Waals surface area contributed by atoms with Crippen molar-refractivity contribution in [3.8, 4) is 22.9 Å². The van der Waals surface area contributed by atoms with E-state index in [2.05, 4.69) is 16.2 Å². The second kappa shape index (κ2) is 6.29. The molecule has 3 rings (SSSR count). The topological polar surface area (TPSA) is 67.1 Å². The molecule has 0 radical (unpaired) electrons. The quantitative estimate of drug-likeness (QED) is 0.577. The number of aromatic nitrogens is 1. The molecule has 0 unspecified atom stereocenters. The largest absolute Gasteiger partial charge is 0.384 e. The molecule has 0 fully saturated rings. The standard InChI is InChI=1S/C18H12N4S/c19-11-15-16(13-7-3-1-4-8-13)18(21-12-23)22(17(15)20)14-9-5-2-6-10-14/h1-10H,20H2. The molecule has 0 aliphatic rings. The summed E-state index contributed by atoms with van der Waals surface area (Å²) in [4.78, 5) is 4.19. The Hall–Kier alpha value is -3.19. The van der Waals surface area contributed by atoms with Crippen LogP contribution in [0.2, 0.25) is 0 Å². The average molecular weight is 316 g/mol. The summed E-state index contributed by atoms with van der Waals surface area (Å²) in [6.07, 6.45) is 0.